The van der Waals surface area contributed by atoms with Crippen LogP contribution < -0.4 is 10.1 Å². The number of methoxy groups -OCH3 is 1. The Morgan fingerprint density at radius 3 is 2.44 bits per heavy atom. The van der Waals surface area contributed by atoms with Gasteiger partial charge in [0.15, 0.2) is 0 Å². The van der Waals surface area contributed by atoms with Crippen LogP contribution in [0.3, 0.4) is 0 Å². The zero-order valence-corrected chi connectivity index (χ0v) is 19.8. The molecule has 7 nitrogen and oxygen atoms in total. The Hall–Kier alpha value is -2.42. The molecule has 1 aliphatic heterocycles. The minimum Gasteiger partial charge on any atom is -0.496 e. The minimum atomic E-state index is -3.56. The first-order valence-electron chi connectivity index (χ1n) is 10.8. The Kier molecular flexibility index (Phi) is 7.92. The maximum Gasteiger partial charge on any atom is 0.242 e. The predicted octanol–water partition coefficient (Wildman–Crippen LogP) is 2.74. The van der Waals surface area contributed by atoms with Gasteiger partial charge >= 0.3 is 0 Å². The molecule has 0 bridgehead atoms. The van der Waals surface area contributed by atoms with Gasteiger partial charge in [0.1, 0.15) is 5.75 Å². The van der Waals surface area contributed by atoms with E-state index >= 15 is 0 Å². The van der Waals surface area contributed by atoms with Gasteiger partial charge in [-0.15, -0.1) is 0 Å². The summed E-state index contributed by atoms with van der Waals surface area (Å²) < 4.78 is 37.0. The van der Waals surface area contributed by atoms with Gasteiger partial charge in [-0.3, -0.25) is 4.79 Å². The molecule has 0 atom stereocenters. The summed E-state index contributed by atoms with van der Waals surface area (Å²) in [7, 11) is 0.958. The first-order valence-corrected chi connectivity index (χ1v) is 12.2. The quantitative estimate of drug-likeness (QED) is 0.622. The molecule has 174 valence electrons. The predicted molar refractivity (Wildman–Crippen MR) is 123 cm³/mol. The van der Waals surface area contributed by atoms with E-state index < -0.39 is 10.0 Å². The molecular formula is C24H32N2O5S. The lowest BCUT2D eigenvalue weighted by Crippen LogP contribution is -2.44. The van der Waals surface area contributed by atoms with E-state index in [0.717, 1.165) is 12.8 Å². The highest BCUT2D eigenvalue weighted by Crippen LogP contribution is 2.34. The van der Waals surface area contributed by atoms with Crippen LogP contribution in [-0.4, -0.2) is 59.6 Å². The van der Waals surface area contributed by atoms with Gasteiger partial charge in [-0.25, -0.2) is 12.7 Å². The van der Waals surface area contributed by atoms with E-state index in [-0.39, 0.29) is 22.6 Å². The second-order valence-corrected chi connectivity index (χ2v) is 10.4. The van der Waals surface area contributed by atoms with Gasteiger partial charge in [-0.05, 0) is 48.6 Å². The number of carbonyl (C=O) groups is 1. The fourth-order valence-electron chi connectivity index (χ4n) is 4.05. The topological polar surface area (TPSA) is 84.9 Å². The molecular weight excluding hydrogens is 428 g/mol. The summed E-state index contributed by atoms with van der Waals surface area (Å²) in [6.45, 7) is 1.90. The number of aryl methyl sites for hydroxylation is 1. The van der Waals surface area contributed by atoms with Gasteiger partial charge < -0.3 is 14.8 Å². The van der Waals surface area contributed by atoms with Crippen molar-refractivity contribution in [1.29, 1.82) is 0 Å². The number of hydrogen-bond acceptors (Lipinski definition) is 5. The summed E-state index contributed by atoms with van der Waals surface area (Å²) in [6.07, 6.45) is 2.33. The third kappa shape index (κ3) is 5.49. The largest absolute Gasteiger partial charge is 0.496 e. The average Bonchev–Trinajstić information content (AvgIpc) is 2.82. The molecule has 1 N–H and O–H groups in total. The van der Waals surface area contributed by atoms with E-state index in [1.165, 1.54) is 37.1 Å². The van der Waals surface area contributed by atoms with Crippen molar-refractivity contribution in [2.75, 3.05) is 41.0 Å². The van der Waals surface area contributed by atoms with Crippen LogP contribution in [0, 0.1) is 0 Å². The molecule has 1 aliphatic rings. The van der Waals surface area contributed by atoms with Crippen molar-refractivity contribution < 1.29 is 22.7 Å². The van der Waals surface area contributed by atoms with E-state index in [1.54, 1.807) is 12.1 Å². The van der Waals surface area contributed by atoms with Crippen molar-refractivity contribution in [2.45, 2.75) is 36.0 Å². The normalized spacial score (nSPS) is 16.0. The van der Waals surface area contributed by atoms with Crippen molar-refractivity contribution in [3.8, 4) is 5.75 Å². The van der Waals surface area contributed by atoms with E-state index in [2.05, 4.69) is 17.4 Å². The fraction of sp³-hybridized carbons (Fsp3) is 0.458. The molecule has 1 amide bonds. The number of amides is 1. The molecule has 8 heteroatoms. The van der Waals surface area contributed by atoms with Crippen molar-refractivity contribution in [2.24, 2.45) is 0 Å². The number of rotatable bonds is 9. The van der Waals surface area contributed by atoms with Gasteiger partial charge in [0, 0.05) is 45.7 Å². The van der Waals surface area contributed by atoms with Crippen LogP contribution in [0.4, 0.5) is 0 Å². The minimum absolute atomic E-state index is 0.0743. The zero-order valence-electron chi connectivity index (χ0n) is 19.0. The molecule has 2 aromatic rings. The van der Waals surface area contributed by atoms with Gasteiger partial charge in [0.25, 0.3) is 0 Å². The molecule has 3 rings (SSSR count). The van der Waals surface area contributed by atoms with Crippen LogP contribution in [0.15, 0.2) is 53.4 Å². The smallest absolute Gasteiger partial charge is 0.242 e. The van der Waals surface area contributed by atoms with E-state index in [9.17, 15) is 13.2 Å². The maximum atomic E-state index is 12.7. The third-order valence-electron chi connectivity index (χ3n) is 6.11. The maximum absolute atomic E-state index is 12.7. The Bertz CT molecular complexity index is 1020. The lowest BCUT2D eigenvalue weighted by molar-refractivity contribution is -0.121. The SMILES string of the molecule is COc1ccc(S(=O)(=O)N(C)C)cc1CCC(=O)NCC1(c2ccccc2)CCOCC1. The van der Waals surface area contributed by atoms with Gasteiger partial charge in [0.2, 0.25) is 15.9 Å². The third-order valence-corrected chi connectivity index (χ3v) is 7.92. The fourth-order valence-corrected chi connectivity index (χ4v) is 5.00. The van der Waals surface area contributed by atoms with Crippen molar-refractivity contribution in [3.05, 3.63) is 59.7 Å². The Labute approximate surface area is 190 Å². The number of carbonyl (C=O) groups excluding carboxylic acids is 1. The molecule has 0 radical (unpaired) electrons. The first-order chi connectivity index (χ1) is 15.3. The number of benzene rings is 2. The van der Waals surface area contributed by atoms with E-state index in [1.807, 2.05) is 18.2 Å². The highest BCUT2D eigenvalue weighted by molar-refractivity contribution is 7.89. The monoisotopic (exact) mass is 460 g/mol. The van der Waals surface area contributed by atoms with Gasteiger partial charge in [-0.2, -0.15) is 0 Å². The number of sulfonamides is 1. The summed E-state index contributed by atoms with van der Waals surface area (Å²) in [6, 6.07) is 15.0. The Morgan fingerprint density at radius 2 is 1.81 bits per heavy atom. The van der Waals surface area contributed by atoms with Crippen LogP contribution in [0.1, 0.15) is 30.4 Å². The molecule has 0 saturated carbocycles. The molecule has 0 aromatic heterocycles. The molecule has 2 aromatic carbocycles. The highest BCUT2D eigenvalue weighted by Gasteiger charge is 2.34. The molecule has 0 aliphatic carbocycles. The number of nitrogens with one attached hydrogen (secondary N) is 1. The molecule has 0 unspecified atom stereocenters. The number of ether oxygens (including phenoxy) is 2. The first kappa shape index (κ1) is 24.2. The van der Waals surface area contributed by atoms with Crippen LogP contribution in [0.5, 0.6) is 5.75 Å². The summed E-state index contributed by atoms with van der Waals surface area (Å²) in [5.74, 6) is 0.496. The summed E-state index contributed by atoms with van der Waals surface area (Å²) in [5.41, 5.74) is 1.77. The second kappa shape index (κ2) is 10.5. The summed E-state index contributed by atoms with van der Waals surface area (Å²) in [4.78, 5) is 12.9. The number of hydrogen-bond donors (Lipinski definition) is 1. The lowest BCUT2D eigenvalue weighted by atomic mass is 9.74. The zero-order chi connectivity index (χ0) is 23.2. The van der Waals surface area contributed by atoms with Crippen LogP contribution in [-0.2, 0) is 31.4 Å². The Balaban J connectivity index is 1.68. The van der Waals surface area contributed by atoms with Crippen molar-refractivity contribution in [1.82, 2.24) is 9.62 Å². The van der Waals surface area contributed by atoms with E-state index in [4.69, 9.17) is 9.47 Å². The van der Waals surface area contributed by atoms with Crippen LogP contribution in [0.25, 0.3) is 0 Å². The summed E-state index contributed by atoms with van der Waals surface area (Å²) >= 11 is 0. The molecule has 32 heavy (non-hydrogen) atoms. The Morgan fingerprint density at radius 1 is 1.12 bits per heavy atom. The molecule has 1 fully saturated rings. The molecule has 1 heterocycles. The van der Waals surface area contributed by atoms with Crippen LogP contribution >= 0.6 is 0 Å². The molecule has 0 spiro atoms. The van der Waals surface area contributed by atoms with Crippen molar-refractivity contribution >= 4 is 15.9 Å². The lowest BCUT2D eigenvalue weighted by Gasteiger charge is -2.38. The number of nitrogens with zero attached hydrogens (tertiary/aromatic N) is 1. The second-order valence-electron chi connectivity index (χ2n) is 8.30. The van der Waals surface area contributed by atoms with E-state index in [0.29, 0.717) is 37.5 Å². The highest BCUT2D eigenvalue weighted by atomic mass is 32.2. The van der Waals surface area contributed by atoms with Gasteiger partial charge in [0.05, 0.1) is 12.0 Å². The average molecular weight is 461 g/mol. The standard InChI is InChI=1S/C24H32N2O5S/c1-26(2)32(28,29)21-10-11-22(30-3)19(17-21)9-12-23(27)25-18-24(13-15-31-16-14-24)20-7-5-4-6-8-20/h4-8,10-11,17H,9,12-16,18H2,1-3H3,(H,25,27). The molecule has 1 saturated heterocycles. The summed E-state index contributed by atoms with van der Waals surface area (Å²) in [5, 5.41) is 3.10. The van der Waals surface area contributed by atoms with Gasteiger partial charge in [-0.1, -0.05) is 30.3 Å². The van der Waals surface area contributed by atoms with Crippen LogP contribution in [0.2, 0.25) is 0 Å². The van der Waals surface area contributed by atoms with Crippen molar-refractivity contribution in [3.63, 3.8) is 0 Å².